The summed E-state index contributed by atoms with van der Waals surface area (Å²) in [6, 6.07) is 25.6. The summed E-state index contributed by atoms with van der Waals surface area (Å²) in [5.41, 5.74) is 5.76. The van der Waals surface area contributed by atoms with Crippen LogP contribution in [0.1, 0.15) is 22.5 Å². The maximum absolute atomic E-state index is 4.82. The van der Waals surface area contributed by atoms with Crippen molar-refractivity contribution < 1.29 is 4.90 Å². The predicted octanol–water partition coefficient (Wildman–Crippen LogP) is 3.38. The standard InChI is InChI=1S/C27H29N5/c1-21-27(22(2)32(29-21)25-12-4-3-5-13-25)19-28-31-17-15-30(16-18-31)20-24-11-8-10-23-9-6-7-14-26(23)24/h3-14,19H,15-18,20H2,1-2H3/p+1/b28-19-. The second-order valence-electron chi connectivity index (χ2n) is 8.60. The van der Waals surface area contributed by atoms with Gasteiger partial charge in [0.2, 0.25) is 0 Å². The highest BCUT2D eigenvalue weighted by atomic mass is 15.5. The van der Waals surface area contributed by atoms with Crippen molar-refractivity contribution in [2.24, 2.45) is 5.10 Å². The fraction of sp³-hybridized carbons (Fsp3) is 0.259. The van der Waals surface area contributed by atoms with Gasteiger partial charge in [0.15, 0.2) is 0 Å². The normalized spacial score (nSPS) is 15.1. The molecule has 5 heteroatoms. The number of nitrogens with one attached hydrogen (secondary N) is 1. The number of quaternary nitrogens is 1. The topological polar surface area (TPSA) is 37.9 Å². The molecule has 4 aromatic rings. The number of para-hydroxylation sites is 1. The quantitative estimate of drug-likeness (QED) is 0.499. The fourth-order valence-corrected chi connectivity index (χ4v) is 4.62. The van der Waals surface area contributed by atoms with Gasteiger partial charge < -0.3 is 4.90 Å². The molecule has 1 saturated heterocycles. The first-order chi connectivity index (χ1) is 15.7. The molecular formula is C27H30N5+. The molecule has 3 aromatic carbocycles. The van der Waals surface area contributed by atoms with Gasteiger partial charge in [-0.05, 0) is 36.8 Å². The van der Waals surface area contributed by atoms with Gasteiger partial charge in [-0.3, -0.25) is 5.01 Å². The van der Waals surface area contributed by atoms with Crippen LogP contribution in [0.15, 0.2) is 77.9 Å². The van der Waals surface area contributed by atoms with Crippen LogP contribution in [0.2, 0.25) is 0 Å². The highest BCUT2D eigenvalue weighted by Crippen LogP contribution is 2.18. The maximum Gasteiger partial charge on any atom is 0.104 e. The Labute approximate surface area is 189 Å². The lowest BCUT2D eigenvalue weighted by molar-refractivity contribution is -0.918. The molecule has 0 bridgehead atoms. The maximum atomic E-state index is 4.82. The van der Waals surface area contributed by atoms with E-state index in [1.807, 2.05) is 29.1 Å². The number of aromatic nitrogens is 2. The number of hydrogen-bond donors (Lipinski definition) is 1. The van der Waals surface area contributed by atoms with E-state index in [2.05, 4.69) is 73.5 Å². The van der Waals surface area contributed by atoms with Crippen molar-refractivity contribution in [1.29, 1.82) is 0 Å². The number of aryl methyl sites for hydroxylation is 1. The molecule has 5 nitrogen and oxygen atoms in total. The summed E-state index contributed by atoms with van der Waals surface area (Å²) in [7, 11) is 0. The zero-order chi connectivity index (χ0) is 21.9. The second-order valence-corrected chi connectivity index (χ2v) is 8.60. The van der Waals surface area contributed by atoms with Crippen molar-refractivity contribution in [3.63, 3.8) is 0 Å². The minimum absolute atomic E-state index is 0.974. The fourth-order valence-electron chi connectivity index (χ4n) is 4.62. The molecule has 0 spiro atoms. The lowest BCUT2D eigenvalue weighted by Crippen LogP contribution is -3.13. The van der Waals surface area contributed by atoms with Crippen molar-refractivity contribution >= 4 is 17.0 Å². The van der Waals surface area contributed by atoms with Crippen molar-refractivity contribution in [3.8, 4) is 5.69 Å². The lowest BCUT2D eigenvalue weighted by Gasteiger charge is -2.30. The van der Waals surface area contributed by atoms with Gasteiger partial charge in [-0.25, -0.2) is 4.68 Å². The molecular weight excluding hydrogens is 394 g/mol. The van der Waals surface area contributed by atoms with Gasteiger partial charge in [-0.15, -0.1) is 0 Å². The van der Waals surface area contributed by atoms with Crippen molar-refractivity contribution in [1.82, 2.24) is 14.8 Å². The number of nitrogens with zero attached hydrogens (tertiary/aromatic N) is 4. The van der Waals surface area contributed by atoms with E-state index in [-0.39, 0.29) is 0 Å². The molecule has 1 fully saturated rings. The Morgan fingerprint density at radius 2 is 1.62 bits per heavy atom. The Morgan fingerprint density at radius 1 is 0.906 bits per heavy atom. The molecule has 1 aliphatic rings. The minimum atomic E-state index is 0.974. The predicted molar refractivity (Wildman–Crippen MR) is 131 cm³/mol. The molecule has 32 heavy (non-hydrogen) atoms. The first-order valence-corrected chi connectivity index (χ1v) is 11.4. The van der Waals surface area contributed by atoms with E-state index in [1.54, 1.807) is 4.90 Å². The van der Waals surface area contributed by atoms with E-state index >= 15 is 0 Å². The number of benzene rings is 3. The Kier molecular flexibility index (Phi) is 5.73. The highest BCUT2D eigenvalue weighted by Gasteiger charge is 2.20. The molecule has 1 N–H and O–H groups in total. The van der Waals surface area contributed by atoms with Gasteiger partial charge in [0.1, 0.15) is 6.54 Å². The van der Waals surface area contributed by atoms with Crippen LogP contribution >= 0.6 is 0 Å². The van der Waals surface area contributed by atoms with E-state index in [9.17, 15) is 0 Å². The molecule has 0 radical (unpaired) electrons. The van der Waals surface area contributed by atoms with Crippen molar-refractivity contribution in [2.75, 3.05) is 26.2 Å². The van der Waals surface area contributed by atoms with E-state index in [1.165, 1.54) is 16.3 Å². The molecule has 0 amide bonds. The van der Waals surface area contributed by atoms with Gasteiger partial charge in [0.05, 0.1) is 49.5 Å². The average molecular weight is 425 g/mol. The Hall–Kier alpha value is -3.44. The SMILES string of the molecule is Cc1nn(-c2ccccc2)c(C)c1/C=N\N1CC[NH+](Cc2cccc3ccccc23)CC1. The van der Waals surface area contributed by atoms with E-state index in [0.717, 1.165) is 55.4 Å². The van der Waals surface area contributed by atoms with Crippen LogP contribution in [-0.4, -0.2) is 47.2 Å². The third-order valence-corrected chi connectivity index (χ3v) is 6.47. The van der Waals surface area contributed by atoms with Gasteiger partial charge in [-0.1, -0.05) is 60.7 Å². The van der Waals surface area contributed by atoms with Crippen LogP contribution in [0, 0.1) is 13.8 Å². The zero-order valence-electron chi connectivity index (χ0n) is 18.8. The molecule has 1 aliphatic heterocycles. The highest BCUT2D eigenvalue weighted by molar-refractivity contribution is 5.85. The summed E-state index contributed by atoms with van der Waals surface area (Å²) in [6.07, 6.45) is 1.99. The molecule has 2 heterocycles. The number of rotatable bonds is 5. The van der Waals surface area contributed by atoms with E-state index < -0.39 is 0 Å². The summed E-state index contributed by atoms with van der Waals surface area (Å²) in [5, 5.41) is 14.5. The molecule has 162 valence electrons. The van der Waals surface area contributed by atoms with Gasteiger partial charge in [0.25, 0.3) is 0 Å². The van der Waals surface area contributed by atoms with E-state index in [4.69, 9.17) is 10.2 Å². The molecule has 0 atom stereocenters. The molecule has 0 saturated carbocycles. The minimum Gasteiger partial charge on any atom is -0.328 e. The summed E-state index contributed by atoms with van der Waals surface area (Å²) >= 11 is 0. The van der Waals surface area contributed by atoms with Crippen molar-refractivity contribution in [2.45, 2.75) is 20.4 Å². The van der Waals surface area contributed by atoms with Crippen LogP contribution in [0.5, 0.6) is 0 Å². The first kappa shape index (κ1) is 20.5. The van der Waals surface area contributed by atoms with Crippen LogP contribution in [0.4, 0.5) is 0 Å². The van der Waals surface area contributed by atoms with Crippen LogP contribution in [0.25, 0.3) is 16.5 Å². The molecule has 1 aromatic heterocycles. The number of hydrogen-bond acceptors (Lipinski definition) is 3. The molecule has 0 unspecified atom stereocenters. The third kappa shape index (κ3) is 4.16. The van der Waals surface area contributed by atoms with Crippen LogP contribution in [-0.2, 0) is 6.54 Å². The summed E-state index contributed by atoms with van der Waals surface area (Å²) in [5.74, 6) is 0. The van der Waals surface area contributed by atoms with Gasteiger partial charge in [-0.2, -0.15) is 10.2 Å². The number of fused-ring (bicyclic) bond motifs is 1. The Balaban J connectivity index is 1.23. The number of piperazine rings is 1. The monoisotopic (exact) mass is 424 g/mol. The first-order valence-electron chi connectivity index (χ1n) is 11.4. The summed E-state index contributed by atoms with van der Waals surface area (Å²) in [4.78, 5) is 1.62. The van der Waals surface area contributed by atoms with Crippen LogP contribution < -0.4 is 4.90 Å². The second kappa shape index (κ2) is 8.97. The van der Waals surface area contributed by atoms with E-state index in [0.29, 0.717) is 0 Å². The average Bonchev–Trinajstić information content (AvgIpc) is 3.12. The Morgan fingerprint density at radius 3 is 2.44 bits per heavy atom. The van der Waals surface area contributed by atoms with Crippen molar-refractivity contribution in [3.05, 3.63) is 95.3 Å². The van der Waals surface area contributed by atoms with Gasteiger partial charge in [0, 0.05) is 11.1 Å². The Bertz CT molecular complexity index is 1230. The number of hydrazone groups is 1. The summed E-state index contributed by atoms with van der Waals surface area (Å²) < 4.78 is 2.00. The molecule has 0 aliphatic carbocycles. The zero-order valence-corrected chi connectivity index (χ0v) is 18.8. The largest absolute Gasteiger partial charge is 0.328 e. The molecule has 5 rings (SSSR count). The van der Waals surface area contributed by atoms with Crippen LogP contribution in [0.3, 0.4) is 0 Å². The van der Waals surface area contributed by atoms with Gasteiger partial charge >= 0.3 is 0 Å². The smallest absolute Gasteiger partial charge is 0.104 e. The lowest BCUT2D eigenvalue weighted by atomic mass is 10.0. The summed E-state index contributed by atoms with van der Waals surface area (Å²) in [6.45, 7) is 9.38. The third-order valence-electron chi connectivity index (χ3n) is 6.47.